The van der Waals surface area contributed by atoms with E-state index < -0.39 is 5.41 Å². The van der Waals surface area contributed by atoms with E-state index >= 15 is 0 Å². The molecule has 0 aliphatic rings. The lowest BCUT2D eigenvalue weighted by molar-refractivity contribution is -0.125. The van der Waals surface area contributed by atoms with Crippen molar-refractivity contribution in [1.82, 2.24) is 15.3 Å². The zero-order valence-corrected chi connectivity index (χ0v) is 19.5. The van der Waals surface area contributed by atoms with E-state index in [2.05, 4.69) is 15.3 Å². The zero-order valence-electron chi connectivity index (χ0n) is 19.5. The highest BCUT2D eigenvalue weighted by atomic mass is 16.2. The number of carbonyl (C=O) groups is 2. The Bertz CT molecular complexity index is 1100. The number of aryl methyl sites for hydroxylation is 1. The number of nitrogens with one attached hydrogen (secondary N) is 1. The second-order valence-corrected chi connectivity index (χ2v) is 9.01. The number of para-hydroxylation sites is 1. The van der Waals surface area contributed by atoms with Crippen molar-refractivity contribution in [2.45, 2.75) is 40.7 Å². The highest BCUT2D eigenvalue weighted by molar-refractivity contribution is 6.09. The van der Waals surface area contributed by atoms with Crippen LogP contribution in [0.2, 0.25) is 0 Å². The molecule has 6 heteroatoms. The van der Waals surface area contributed by atoms with Crippen molar-refractivity contribution < 1.29 is 9.59 Å². The Morgan fingerprint density at radius 2 is 1.72 bits per heavy atom. The number of rotatable bonds is 5. The molecule has 2 aromatic carbocycles. The fourth-order valence-electron chi connectivity index (χ4n) is 3.54. The van der Waals surface area contributed by atoms with Gasteiger partial charge in [-0.1, -0.05) is 62.7 Å². The SMILES string of the molecule is Cc1ccc(-c2cccc(C(=O)NC(C)c3cnccn3)c2N(C)C(=O)C(C)(C)C)cc1. The molecule has 0 saturated carbocycles. The van der Waals surface area contributed by atoms with Crippen LogP contribution >= 0.6 is 0 Å². The van der Waals surface area contributed by atoms with E-state index in [1.165, 1.54) is 0 Å². The Kier molecular flexibility index (Phi) is 6.72. The fourth-order valence-corrected chi connectivity index (χ4v) is 3.54. The lowest BCUT2D eigenvalue weighted by Crippen LogP contribution is -2.38. The maximum absolute atomic E-state index is 13.4. The molecule has 3 aromatic rings. The molecule has 0 fully saturated rings. The summed E-state index contributed by atoms with van der Waals surface area (Å²) < 4.78 is 0. The van der Waals surface area contributed by atoms with Crippen LogP contribution in [0, 0.1) is 12.3 Å². The summed E-state index contributed by atoms with van der Waals surface area (Å²) in [5.74, 6) is -0.353. The monoisotopic (exact) mass is 430 g/mol. The number of hydrogen-bond donors (Lipinski definition) is 1. The minimum atomic E-state index is -0.601. The van der Waals surface area contributed by atoms with Crippen molar-refractivity contribution in [2.75, 3.05) is 11.9 Å². The molecule has 0 spiro atoms. The van der Waals surface area contributed by atoms with E-state index in [9.17, 15) is 9.59 Å². The number of anilines is 1. The average molecular weight is 431 g/mol. The number of aromatic nitrogens is 2. The van der Waals surface area contributed by atoms with E-state index in [4.69, 9.17) is 0 Å². The summed E-state index contributed by atoms with van der Waals surface area (Å²) in [5.41, 5.74) is 3.98. The second-order valence-electron chi connectivity index (χ2n) is 9.01. The van der Waals surface area contributed by atoms with Crippen LogP contribution in [0.5, 0.6) is 0 Å². The predicted molar refractivity (Wildman–Crippen MR) is 127 cm³/mol. The standard InChI is InChI=1S/C26H30N4O2/c1-17-10-12-19(13-11-17)20-8-7-9-21(23(20)30(6)25(32)26(3,4)5)24(31)29-18(2)22-16-27-14-15-28-22/h7-16,18H,1-6H3,(H,29,31). The Balaban J connectivity index is 2.08. The van der Waals surface area contributed by atoms with Crippen molar-refractivity contribution in [1.29, 1.82) is 0 Å². The van der Waals surface area contributed by atoms with E-state index in [0.717, 1.165) is 16.7 Å². The van der Waals surface area contributed by atoms with Gasteiger partial charge in [0.1, 0.15) is 0 Å². The minimum Gasteiger partial charge on any atom is -0.344 e. The first kappa shape index (κ1) is 23.1. The van der Waals surface area contributed by atoms with Crippen LogP contribution in [-0.2, 0) is 4.79 Å². The zero-order chi connectivity index (χ0) is 23.5. The van der Waals surface area contributed by atoms with Crippen LogP contribution in [0.4, 0.5) is 5.69 Å². The summed E-state index contributed by atoms with van der Waals surface area (Å²) >= 11 is 0. The molecule has 1 heterocycles. The maximum Gasteiger partial charge on any atom is 0.253 e. The largest absolute Gasteiger partial charge is 0.344 e. The normalized spacial score (nSPS) is 12.2. The van der Waals surface area contributed by atoms with Crippen molar-refractivity contribution >= 4 is 17.5 Å². The summed E-state index contributed by atoms with van der Waals surface area (Å²) in [6.45, 7) is 9.50. The molecule has 166 valence electrons. The van der Waals surface area contributed by atoms with Gasteiger partial charge in [0, 0.05) is 30.4 Å². The van der Waals surface area contributed by atoms with Crippen LogP contribution < -0.4 is 10.2 Å². The van der Waals surface area contributed by atoms with E-state index in [0.29, 0.717) is 16.9 Å². The topological polar surface area (TPSA) is 75.2 Å². The number of hydrogen-bond acceptors (Lipinski definition) is 4. The Labute approximate surface area is 189 Å². The van der Waals surface area contributed by atoms with Crippen LogP contribution in [-0.4, -0.2) is 28.8 Å². The van der Waals surface area contributed by atoms with E-state index in [1.807, 2.05) is 71.0 Å². The smallest absolute Gasteiger partial charge is 0.253 e. The summed E-state index contributed by atoms with van der Waals surface area (Å²) in [6.07, 6.45) is 4.81. The van der Waals surface area contributed by atoms with Gasteiger partial charge in [-0.25, -0.2) is 0 Å². The molecule has 0 bridgehead atoms. The molecule has 0 saturated heterocycles. The van der Waals surface area contributed by atoms with Gasteiger partial charge in [-0.2, -0.15) is 0 Å². The highest BCUT2D eigenvalue weighted by Crippen LogP contribution is 2.36. The number of benzene rings is 2. The summed E-state index contributed by atoms with van der Waals surface area (Å²) in [6, 6.07) is 13.3. The molecule has 0 radical (unpaired) electrons. The second kappa shape index (κ2) is 9.30. The third-order valence-electron chi connectivity index (χ3n) is 5.30. The summed E-state index contributed by atoms with van der Waals surface area (Å²) in [4.78, 5) is 36.5. The van der Waals surface area contributed by atoms with Gasteiger partial charge in [-0.05, 0) is 25.5 Å². The lowest BCUT2D eigenvalue weighted by atomic mass is 9.92. The molecular formula is C26H30N4O2. The fraction of sp³-hybridized carbons (Fsp3) is 0.308. The van der Waals surface area contributed by atoms with Crippen molar-refractivity contribution in [3.05, 3.63) is 77.9 Å². The van der Waals surface area contributed by atoms with Gasteiger partial charge in [0.15, 0.2) is 0 Å². The summed E-state index contributed by atoms with van der Waals surface area (Å²) in [7, 11) is 1.73. The molecule has 32 heavy (non-hydrogen) atoms. The number of carbonyl (C=O) groups excluding carboxylic acids is 2. The Morgan fingerprint density at radius 1 is 1.03 bits per heavy atom. The number of nitrogens with zero attached hydrogens (tertiary/aromatic N) is 3. The van der Waals surface area contributed by atoms with Gasteiger partial charge >= 0.3 is 0 Å². The molecule has 0 aliphatic heterocycles. The quantitative estimate of drug-likeness (QED) is 0.621. The number of amides is 2. The molecular weight excluding hydrogens is 400 g/mol. The maximum atomic E-state index is 13.4. The highest BCUT2D eigenvalue weighted by Gasteiger charge is 2.30. The van der Waals surface area contributed by atoms with Crippen molar-refractivity contribution in [2.24, 2.45) is 5.41 Å². The predicted octanol–water partition coefficient (Wildman–Crippen LogP) is 4.95. The first-order valence-corrected chi connectivity index (χ1v) is 10.6. The van der Waals surface area contributed by atoms with Gasteiger partial charge in [-0.3, -0.25) is 19.6 Å². The van der Waals surface area contributed by atoms with Gasteiger partial charge in [0.05, 0.1) is 29.2 Å². The van der Waals surface area contributed by atoms with Crippen LogP contribution in [0.3, 0.4) is 0 Å². The van der Waals surface area contributed by atoms with Gasteiger partial charge in [-0.15, -0.1) is 0 Å². The van der Waals surface area contributed by atoms with Crippen LogP contribution in [0.15, 0.2) is 61.1 Å². The summed E-state index contributed by atoms with van der Waals surface area (Å²) in [5, 5.41) is 2.99. The van der Waals surface area contributed by atoms with Gasteiger partial charge in [0.2, 0.25) is 5.91 Å². The van der Waals surface area contributed by atoms with Crippen molar-refractivity contribution in [3.63, 3.8) is 0 Å². The minimum absolute atomic E-state index is 0.0758. The van der Waals surface area contributed by atoms with Crippen LogP contribution in [0.1, 0.15) is 55.4 Å². The molecule has 6 nitrogen and oxygen atoms in total. The molecule has 1 unspecified atom stereocenters. The molecule has 1 aromatic heterocycles. The lowest BCUT2D eigenvalue weighted by Gasteiger charge is -2.29. The molecule has 1 atom stereocenters. The van der Waals surface area contributed by atoms with E-state index in [1.54, 1.807) is 36.6 Å². The third kappa shape index (κ3) is 5.02. The average Bonchev–Trinajstić information content (AvgIpc) is 2.78. The van der Waals surface area contributed by atoms with Crippen LogP contribution in [0.25, 0.3) is 11.1 Å². The molecule has 0 aliphatic carbocycles. The third-order valence-corrected chi connectivity index (χ3v) is 5.30. The van der Waals surface area contributed by atoms with Crippen molar-refractivity contribution in [3.8, 4) is 11.1 Å². The molecule has 2 amide bonds. The van der Waals surface area contributed by atoms with E-state index in [-0.39, 0.29) is 17.9 Å². The molecule has 1 N–H and O–H groups in total. The Hall–Kier alpha value is -3.54. The first-order chi connectivity index (χ1) is 15.1. The molecule has 3 rings (SSSR count). The first-order valence-electron chi connectivity index (χ1n) is 10.6. The van der Waals surface area contributed by atoms with Gasteiger partial charge in [0.25, 0.3) is 5.91 Å². The van der Waals surface area contributed by atoms with Gasteiger partial charge < -0.3 is 10.2 Å². The Morgan fingerprint density at radius 3 is 2.31 bits per heavy atom.